The Bertz CT molecular complexity index is 384. The summed E-state index contributed by atoms with van der Waals surface area (Å²) in [5.74, 6) is 1.01. The Morgan fingerprint density at radius 2 is 1.89 bits per heavy atom. The fourth-order valence-electron chi connectivity index (χ4n) is 2.23. The molecule has 100 valence electrons. The van der Waals surface area contributed by atoms with E-state index in [0.717, 1.165) is 18.5 Å². The molecule has 0 saturated heterocycles. The van der Waals surface area contributed by atoms with Crippen LogP contribution in [0.25, 0.3) is 0 Å². The second-order valence-corrected chi connectivity index (χ2v) is 5.39. The molecule has 0 aliphatic rings. The van der Waals surface area contributed by atoms with Crippen LogP contribution in [-0.4, -0.2) is 5.91 Å². The van der Waals surface area contributed by atoms with Gasteiger partial charge in [-0.1, -0.05) is 58.7 Å². The van der Waals surface area contributed by atoms with Crippen molar-refractivity contribution in [3.8, 4) is 0 Å². The monoisotopic (exact) mass is 247 g/mol. The first-order chi connectivity index (χ1) is 8.54. The van der Waals surface area contributed by atoms with Gasteiger partial charge in [0.05, 0.1) is 0 Å². The highest BCUT2D eigenvalue weighted by atomic mass is 16.1. The molecule has 1 rings (SSSR count). The lowest BCUT2D eigenvalue weighted by molar-refractivity contribution is -0.117. The van der Waals surface area contributed by atoms with Crippen molar-refractivity contribution in [3.63, 3.8) is 0 Å². The van der Waals surface area contributed by atoms with Crippen LogP contribution in [-0.2, 0) is 4.79 Å². The summed E-state index contributed by atoms with van der Waals surface area (Å²) >= 11 is 0. The second-order valence-electron chi connectivity index (χ2n) is 5.39. The summed E-state index contributed by atoms with van der Waals surface area (Å²) in [6.45, 7) is 8.58. The van der Waals surface area contributed by atoms with Crippen LogP contribution in [0.5, 0.6) is 0 Å². The zero-order valence-corrected chi connectivity index (χ0v) is 12.0. The predicted molar refractivity (Wildman–Crippen MR) is 77.8 cm³/mol. The second kappa shape index (κ2) is 7.20. The maximum Gasteiger partial charge on any atom is 0.224 e. The first-order valence-corrected chi connectivity index (χ1v) is 6.93. The summed E-state index contributed by atoms with van der Waals surface area (Å²) in [4.78, 5) is 12.0. The summed E-state index contributed by atoms with van der Waals surface area (Å²) in [6, 6.07) is 8.05. The molecule has 0 spiro atoms. The highest BCUT2D eigenvalue weighted by Gasteiger charge is 2.11. The zero-order valence-electron chi connectivity index (χ0n) is 12.0. The van der Waals surface area contributed by atoms with Crippen molar-refractivity contribution in [1.82, 2.24) is 0 Å². The minimum Gasteiger partial charge on any atom is -0.326 e. The Morgan fingerprint density at radius 3 is 2.50 bits per heavy atom. The number of nitrogens with one attached hydrogen (secondary N) is 1. The number of hydrogen-bond donors (Lipinski definition) is 1. The Labute approximate surface area is 111 Å². The summed E-state index contributed by atoms with van der Waals surface area (Å²) in [5, 5.41) is 3.04. The van der Waals surface area contributed by atoms with Crippen LogP contribution in [0.1, 0.15) is 58.4 Å². The minimum atomic E-state index is 0.129. The molecular formula is C16H25NO. The molecule has 0 aliphatic carbocycles. The van der Waals surface area contributed by atoms with Crippen LogP contribution in [0.2, 0.25) is 0 Å². The summed E-state index contributed by atoms with van der Waals surface area (Å²) in [5.41, 5.74) is 2.16. The Hall–Kier alpha value is -1.31. The number of para-hydroxylation sites is 1. The van der Waals surface area contributed by atoms with Gasteiger partial charge in [-0.2, -0.15) is 0 Å². The fourth-order valence-corrected chi connectivity index (χ4v) is 2.23. The van der Waals surface area contributed by atoms with Gasteiger partial charge in [-0.15, -0.1) is 0 Å². The molecule has 0 heterocycles. The molecule has 2 heteroatoms. The van der Waals surface area contributed by atoms with E-state index in [2.05, 4.69) is 39.1 Å². The molecule has 0 fully saturated rings. The van der Waals surface area contributed by atoms with E-state index in [1.54, 1.807) is 0 Å². The van der Waals surface area contributed by atoms with Crippen LogP contribution in [0.3, 0.4) is 0 Å². The summed E-state index contributed by atoms with van der Waals surface area (Å²) < 4.78 is 0. The van der Waals surface area contributed by atoms with Gasteiger partial charge in [-0.25, -0.2) is 0 Å². The highest BCUT2D eigenvalue weighted by molar-refractivity contribution is 5.91. The van der Waals surface area contributed by atoms with Crippen molar-refractivity contribution in [1.29, 1.82) is 0 Å². The van der Waals surface area contributed by atoms with Crippen LogP contribution in [0.4, 0.5) is 5.69 Å². The molecule has 0 aromatic heterocycles. The number of benzene rings is 1. The van der Waals surface area contributed by atoms with E-state index in [4.69, 9.17) is 0 Å². The lowest BCUT2D eigenvalue weighted by Gasteiger charge is -2.15. The van der Waals surface area contributed by atoms with Crippen molar-refractivity contribution in [2.75, 3.05) is 5.32 Å². The van der Waals surface area contributed by atoms with Crippen molar-refractivity contribution < 1.29 is 4.79 Å². The molecule has 0 bridgehead atoms. The summed E-state index contributed by atoms with van der Waals surface area (Å²) in [6.07, 6.45) is 2.86. The van der Waals surface area contributed by atoms with Gasteiger partial charge in [-0.3, -0.25) is 4.79 Å². The largest absolute Gasteiger partial charge is 0.326 e. The van der Waals surface area contributed by atoms with Crippen LogP contribution in [0.15, 0.2) is 24.3 Å². The normalized spacial score (nSPS) is 12.5. The molecule has 1 aromatic rings. The van der Waals surface area contributed by atoms with E-state index in [-0.39, 0.29) is 5.91 Å². The Kier molecular flexibility index (Phi) is 5.90. The predicted octanol–water partition coefficient (Wildman–Crippen LogP) is 4.57. The van der Waals surface area contributed by atoms with Crippen molar-refractivity contribution in [2.45, 2.75) is 52.9 Å². The van der Waals surface area contributed by atoms with Crippen LogP contribution < -0.4 is 5.32 Å². The van der Waals surface area contributed by atoms with Crippen LogP contribution >= 0.6 is 0 Å². The number of carbonyl (C=O) groups excluding carboxylic acids is 1. The molecule has 1 N–H and O–H groups in total. The fraction of sp³-hybridized carbons (Fsp3) is 0.562. The van der Waals surface area contributed by atoms with Gasteiger partial charge >= 0.3 is 0 Å². The maximum absolute atomic E-state index is 12.0. The van der Waals surface area contributed by atoms with E-state index in [9.17, 15) is 4.79 Å². The van der Waals surface area contributed by atoms with Gasteiger partial charge in [-0.05, 0) is 23.5 Å². The quantitative estimate of drug-likeness (QED) is 0.783. The minimum absolute atomic E-state index is 0.129. The van der Waals surface area contributed by atoms with Crippen molar-refractivity contribution in [2.24, 2.45) is 5.92 Å². The molecule has 0 aliphatic heterocycles. The topological polar surface area (TPSA) is 29.1 Å². The molecule has 18 heavy (non-hydrogen) atoms. The number of amides is 1. The molecule has 1 atom stereocenters. The molecular weight excluding hydrogens is 222 g/mol. The SMILES string of the molecule is CCCC(C)CC(=O)Nc1ccccc1C(C)C. The van der Waals surface area contributed by atoms with Gasteiger partial charge in [0.1, 0.15) is 0 Å². The lowest BCUT2D eigenvalue weighted by atomic mass is 10.00. The van der Waals surface area contributed by atoms with Gasteiger partial charge in [0.15, 0.2) is 0 Å². The van der Waals surface area contributed by atoms with Gasteiger partial charge < -0.3 is 5.32 Å². The summed E-state index contributed by atoms with van der Waals surface area (Å²) in [7, 11) is 0. The van der Waals surface area contributed by atoms with E-state index in [1.807, 2.05) is 18.2 Å². The van der Waals surface area contributed by atoms with E-state index >= 15 is 0 Å². The smallest absolute Gasteiger partial charge is 0.224 e. The molecule has 1 unspecified atom stereocenters. The third-order valence-electron chi connectivity index (χ3n) is 3.17. The Balaban J connectivity index is 2.64. The third-order valence-corrected chi connectivity index (χ3v) is 3.17. The Morgan fingerprint density at radius 1 is 1.22 bits per heavy atom. The number of carbonyl (C=O) groups is 1. The maximum atomic E-state index is 12.0. The third kappa shape index (κ3) is 4.52. The van der Waals surface area contributed by atoms with Gasteiger partial charge in [0, 0.05) is 12.1 Å². The standard InChI is InChI=1S/C16H25NO/c1-5-8-13(4)11-16(18)17-15-10-7-6-9-14(15)12(2)3/h6-7,9-10,12-13H,5,8,11H2,1-4H3,(H,17,18). The number of anilines is 1. The number of rotatable bonds is 6. The van der Waals surface area contributed by atoms with Gasteiger partial charge in [0.25, 0.3) is 0 Å². The van der Waals surface area contributed by atoms with E-state index < -0.39 is 0 Å². The molecule has 2 nitrogen and oxygen atoms in total. The molecule has 1 aromatic carbocycles. The van der Waals surface area contributed by atoms with Gasteiger partial charge in [0.2, 0.25) is 5.91 Å². The molecule has 0 saturated carbocycles. The molecule has 1 amide bonds. The van der Waals surface area contributed by atoms with E-state index in [0.29, 0.717) is 18.3 Å². The highest BCUT2D eigenvalue weighted by Crippen LogP contribution is 2.24. The lowest BCUT2D eigenvalue weighted by Crippen LogP contribution is -2.16. The van der Waals surface area contributed by atoms with Crippen molar-refractivity contribution in [3.05, 3.63) is 29.8 Å². The molecule has 0 radical (unpaired) electrons. The van der Waals surface area contributed by atoms with Crippen LogP contribution in [0, 0.1) is 5.92 Å². The van der Waals surface area contributed by atoms with Crippen molar-refractivity contribution >= 4 is 11.6 Å². The first kappa shape index (κ1) is 14.7. The van der Waals surface area contributed by atoms with E-state index in [1.165, 1.54) is 5.56 Å². The zero-order chi connectivity index (χ0) is 13.5. The average Bonchev–Trinajstić information content (AvgIpc) is 2.29. The average molecular weight is 247 g/mol. The number of hydrogen-bond acceptors (Lipinski definition) is 1. The first-order valence-electron chi connectivity index (χ1n) is 6.93.